The molecule has 0 radical (unpaired) electrons. The van der Waals surface area contributed by atoms with Crippen LogP contribution < -0.4 is 16.0 Å². The van der Waals surface area contributed by atoms with Gasteiger partial charge in [-0.05, 0) is 68.2 Å². The van der Waals surface area contributed by atoms with Crippen LogP contribution in [0.5, 0.6) is 0 Å². The lowest BCUT2D eigenvalue weighted by atomic mass is 9.73. The van der Waals surface area contributed by atoms with Crippen molar-refractivity contribution in [2.45, 2.75) is 31.2 Å². The molecule has 3 N–H and O–H groups in total. The number of anilines is 2. The van der Waals surface area contributed by atoms with Crippen LogP contribution in [0.3, 0.4) is 0 Å². The van der Waals surface area contributed by atoms with Crippen molar-refractivity contribution in [3.63, 3.8) is 0 Å². The van der Waals surface area contributed by atoms with E-state index in [2.05, 4.69) is 88.5 Å². The summed E-state index contributed by atoms with van der Waals surface area (Å²) < 4.78 is 2.01. The number of nitrogens with one attached hydrogen (secondary N) is 3. The SMILES string of the molecule is CC(Nc1nccc(-n2cnc3cc(NCC4(c5ccccc5)CCNCC4)ccc32)n1)c1ccccc1. The Balaban J connectivity index is 1.20. The first-order valence-corrected chi connectivity index (χ1v) is 13.3. The molecule has 2 aromatic heterocycles. The molecular formula is C31H33N7. The van der Waals surface area contributed by atoms with Crippen molar-refractivity contribution in [1.82, 2.24) is 24.8 Å². The van der Waals surface area contributed by atoms with Crippen LogP contribution in [0.25, 0.3) is 16.9 Å². The smallest absolute Gasteiger partial charge is 0.225 e. The molecule has 0 bridgehead atoms. The zero-order valence-electron chi connectivity index (χ0n) is 21.6. The van der Waals surface area contributed by atoms with E-state index >= 15 is 0 Å². The maximum Gasteiger partial charge on any atom is 0.225 e. The molecule has 1 aliphatic heterocycles. The fraction of sp³-hybridized carbons (Fsp3) is 0.258. The van der Waals surface area contributed by atoms with Gasteiger partial charge in [-0.3, -0.25) is 4.57 Å². The molecule has 6 rings (SSSR count). The van der Waals surface area contributed by atoms with Gasteiger partial charge in [0.1, 0.15) is 12.1 Å². The largest absolute Gasteiger partial charge is 0.384 e. The van der Waals surface area contributed by atoms with Gasteiger partial charge in [0.05, 0.1) is 17.1 Å². The van der Waals surface area contributed by atoms with Gasteiger partial charge in [-0.2, -0.15) is 4.98 Å². The lowest BCUT2D eigenvalue weighted by molar-refractivity contribution is 0.323. The van der Waals surface area contributed by atoms with Crippen LogP contribution >= 0.6 is 0 Å². The summed E-state index contributed by atoms with van der Waals surface area (Å²) in [5, 5.41) is 10.7. The molecule has 192 valence electrons. The van der Waals surface area contributed by atoms with E-state index in [1.54, 1.807) is 6.20 Å². The van der Waals surface area contributed by atoms with Gasteiger partial charge in [0, 0.05) is 23.8 Å². The Morgan fingerprint density at radius 1 is 0.921 bits per heavy atom. The molecule has 7 nitrogen and oxygen atoms in total. The molecule has 0 spiro atoms. The summed E-state index contributed by atoms with van der Waals surface area (Å²) in [6.45, 7) is 5.09. The Morgan fingerprint density at radius 3 is 2.47 bits per heavy atom. The Kier molecular flexibility index (Phi) is 6.75. The van der Waals surface area contributed by atoms with Gasteiger partial charge in [-0.1, -0.05) is 60.7 Å². The third-order valence-corrected chi connectivity index (χ3v) is 7.66. The Labute approximate surface area is 223 Å². The molecule has 0 amide bonds. The topological polar surface area (TPSA) is 79.7 Å². The van der Waals surface area contributed by atoms with Gasteiger partial charge in [-0.25, -0.2) is 9.97 Å². The monoisotopic (exact) mass is 503 g/mol. The zero-order chi connectivity index (χ0) is 25.8. The van der Waals surface area contributed by atoms with E-state index in [9.17, 15) is 0 Å². The highest BCUT2D eigenvalue weighted by atomic mass is 15.2. The maximum absolute atomic E-state index is 4.77. The molecular weight excluding hydrogens is 470 g/mol. The molecule has 1 fully saturated rings. The first kappa shape index (κ1) is 24.1. The lowest BCUT2D eigenvalue weighted by Crippen LogP contribution is -2.44. The van der Waals surface area contributed by atoms with Crippen molar-refractivity contribution in [2.24, 2.45) is 0 Å². The molecule has 1 aliphatic rings. The van der Waals surface area contributed by atoms with E-state index in [1.165, 1.54) is 11.1 Å². The molecule has 38 heavy (non-hydrogen) atoms. The number of fused-ring (bicyclic) bond motifs is 1. The summed E-state index contributed by atoms with van der Waals surface area (Å²) in [4.78, 5) is 13.9. The zero-order valence-corrected chi connectivity index (χ0v) is 21.6. The van der Waals surface area contributed by atoms with Crippen LogP contribution in [0.1, 0.15) is 36.9 Å². The number of aromatic nitrogens is 4. The molecule has 1 saturated heterocycles. The standard InChI is InChI=1S/C31H33N7/c1-23(24-8-4-2-5-9-24)36-30-33-17-14-29(37-30)38-22-35-27-20-26(12-13-28(27)38)34-21-31(15-18-32-19-16-31)25-10-6-3-7-11-25/h2-14,17,20,22-23,32,34H,15-16,18-19,21H2,1H3,(H,33,36,37). The number of hydrogen-bond donors (Lipinski definition) is 3. The third-order valence-electron chi connectivity index (χ3n) is 7.66. The van der Waals surface area contributed by atoms with Gasteiger partial charge in [0.25, 0.3) is 0 Å². The number of benzene rings is 3. The predicted molar refractivity (Wildman–Crippen MR) is 154 cm³/mol. The van der Waals surface area contributed by atoms with Crippen molar-refractivity contribution < 1.29 is 0 Å². The average molecular weight is 504 g/mol. The van der Waals surface area contributed by atoms with Crippen molar-refractivity contribution in [3.05, 3.63) is 109 Å². The van der Waals surface area contributed by atoms with Gasteiger partial charge in [0.15, 0.2) is 0 Å². The summed E-state index contributed by atoms with van der Waals surface area (Å²) in [7, 11) is 0. The summed E-state index contributed by atoms with van der Waals surface area (Å²) in [5.74, 6) is 1.37. The highest BCUT2D eigenvalue weighted by Crippen LogP contribution is 2.34. The Morgan fingerprint density at radius 2 is 1.68 bits per heavy atom. The molecule has 3 aromatic carbocycles. The average Bonchev–Trinajstić information content (AvgIpc) is 3.41. The van der Waals surface area contributed by atoms with E-state index in [0.717, 1.165) is 55.0 Å². The minimum atomic E-state index is 0.0961. The summed E-state index contributed by atoms with van der Waals surface area (Å²) >= 11 is 0. The second-order valence-electron chi connectivity index (χ2n) is 10.1. The van der Waals surface area contributed by atoms with Crippen LogP contribution in [0.4, 0.5) is 11.6 Å². The molecule has 5 aromatic rings. The molecule has 1 unspecified atom stereocenters. The molecule has 3 heterocycles. The number of piperidine rings is 1. The number of nitrogens with zero attached hydrogens (tertiary/aromatic N) is 4. The van der Waals surface area contributed by atoms with Crippen molar-refractivity contribution >= 4 is 22.7 Å². The predicted octanol–water partition coefficient (Wildman–Crippen LogP) is 5.72. The Bertz CT molecular complexity index is 1490. The van der Waals surface area contributed by atoms with Crippen molar-refractivity contribution in [3.8, 4) is 5.82 Å². The van der Waals surface area contributed by atoms with Crippen LogP contribution in [0.15, 0.2) is 97.5 Å². The summed E-state index contributed by atoms with van der Waals surface area (Å²) in [6.07, 6.45) is 5.85. The van der Waals surface area contributed by atoms with E-state index < -0.39 is 0 Å². The number of imidazole rings is 1. The fourth-order valence-electron chi connectivity index (χ4n) is 5.41. The van der Waals surface area contributed by atoms with Crippen LogP contribution in [0, 0.1) is 0 Å². The summed E-state index contributed by atoms with van der Waals surface area (Å²) in [6, 6.07) is 29.6. The second-order valence-corrected chi connectivity index (χ2v) is 10.1. The minimum Gasteiger partial charge on any atom is -0.384 e. The van der Waals surface area contributed by atoms with E-state index in [0.29, 0.717) is 5.95 Å². The molecule has 1 atom stereocenters. The van der Waals surface area contributed by atoms with E-state index in [4.69, 9.17) is 9.97 Å². The van der Waals surface area contributed by atoms with Crippen LogP contribution in [-0.2, 0) is 5.41 Å². The van der Waals surface area contributed by atoms with Gasteiger partial charge < -0.3 is 16.0 Å². The van der Waals surface area contributed by atoms with Gasteiger partial charge >= 0.3 is 0 Å². The Hall–Kier alpha value is -4.23. The molecule has 7 heteroatoms. The van der Waals surface area contributed by atoms with Gasteiger partial charge in [0.2, 0.25) is 5.95 Å². The van der Waals surface area contributed by atoms with E-state index in [1.807, 2.05) is 35.2 Å². The number of rotatable bonds is 8. The van der Waals surface area contributed by atoms with Crippen LogP contribution in [-0.4, -0.2) is 39.2 Å². The van der Waals surface area contributed by atoms with Crippen molar-refractivity contribution in [1.29, 1.82) is 0 Å². The second kappa shape index (κ2) is 10.6. The third kappa shape index (κ3) is 4.97. The normalized spacial score (nSPS) is 15.7. The van der Waals surface area contributed by atoms with Crippen LogP contribution in [0.2, 0.25) is 0 Å². The lowest BCUT2D eigenvalue weighted by Gasteiger charge is -2.38. The highest BCUT2D eigenvalue weighted by Gasteiger charge is 2.33. The minimum absolute atomic E-state index is 0.0961. The van der Waals surface area contributed by atoms with Crippen molar-refractivity contribution in [2.75, 3.05) is 30.3 Å². The molecule has 0 saturated carbocycles. The number of hydrogen-bond acceptors (Lipinski definition) is 6. The highest BCUT2D eigenvalue weighted by molar-refractivity contribution is 5.81. The van der Waals surface area contributed by atoms with E-state index in [-0.39, 0.29) is 11.5 Å². The van der Waals surface area contributed by atoms with Gasteiger partial charge in [-0.15, -0.1) is 0 Å². The maximum atomic E-state index is 4.77. The first-order valence-electron chi connectivity index (χ1n) is 13.3. The first-order chi connectivity index (χ1) is 18.7. The fourth-order valence-corrected chi connectivity index (χ4v) is 5.41. The quantitative estimate of drug-likeness (QED) is 0.251. The summed E-state index contributed by atoms with van der Waals surface area (Å²) in [5.41, 5.74) is 5.75. The molecule has 0 aliphatic carbocycles.